The largest absolute Gasteiger partial charge is 0.383 e. The van der Waals surface area contributed by atoms with E-state index in [-0.39, 0.29) is 22.5 Å². The van der Waals surface area contributed by atoms with Crippen LogP contribution in [0.2, 0.25) is 0 Å². The number of hydrogen-bond acceptors (Lipinski definition) is 4. The van der Waals surface area contributed by atoms with E-state index in [2.05, 4.69) is 33.0 Å². The second kappa shape index (κ2) is 6.37. The Morgan fingerprint density at radius 2 is 1.86 bits per heavy atom. The molecule has 0 saturated carbocycles. The van der Waals surface area contributed by atoms with Gasteiger partial charge in [0.2, 0.25) is 0 Å². The quantitative estimate of drug-likeness (QED) is 0.865. The van der Waals surface area contributed by atoms with Gasteiger partial charge in [-0.05, 0) is 17.8 Å². The molecular weight excluding hydrogens is 268 g/mol. The highest BCUT2D eigenvalue weighted by Gasteiger charge is 2.21. The highest BCUT2D eigenvalue weighted by atomic mass is 16.2. The maximum Gasteiger partial charge on any atom is 0.332 e. The third kappa shape index (κ3) is 3.68. The van der Waals surface area contributed by atoms with Crippen molar-refractivity contribution in [2.24, 2.45) is 18.4 Å². The Labute approximate surface area is 126 Å². The molecule has 21 heavy (non-hydrogen) atoms. The molecule has 120 valence electrons. The highest BCUT2D eigenvalue weighted by Crippen LogP contribution is 2.25. The zero-order valence-corrected chi connectivity index (χ0v) is 14.0. The summed E-state index contributed by atoms with van der Waals surface area (Å²) in [5.74, 6) is 0.583. The number of nitrogens with one attached hydrogen (secondary N) is 1. The predicted octanol–water partition coefficient (Wildman–Crippen LogP) is 1.63. The summed E-state index contributed by atoms with van der Waals surface area (Å²) in [6, 6.07) is 0. The number of hydrogen-bond donors (Lipinski definition) is 2. The van der Waals surface area contributed by atoms with Crippen LogP contribution in [-0.4, -0.2) is 15.7 Å². The Morgan fingerprint density at radius 1 is 1.29 bits per heavy atom. The molecule has 1 unspecified atom stereocenters. The molecule has 1 atom stereocenters. The van der Waals surface area contributed by atoms with E-state index in [0.717, 1.165) is 11.0 Å². The Bertz CT molecular complexity index is 608. The van der Waals surface area contributed by atoms with Crippen LogP contribution in [-0.2, 0) is 13.6 Å². The fourth-order valence-electron chi connectivity index (χ4n) is 1.95. The molecule has 1 heterocycles. The molecule has 1 rings (SSSR count). The van der Waals surface area contributed by atoms with Crippen LogP contribution in [0.15, 0.2) is 9.59 Å². The Morgan fingerprint density at radius 3 is 2.33 bits per heavy atom. The van der Waals surface area contributed by atoms with Gasteiger partial charge in [0.1, 0.15) is 11.5 Å². The SMILES string of the molecule is CCCn1c(N)c(NCC(C)C(C)(C)C)c(=O)n(C)c1=O. The first-order valence-corrected chi connectivity index (χ1v) is 7.44. The minimum Gasteiger partial charge on any atom is -0.383 e. The fraction of sp³-hybridized carbons (Fsp3) is 0.733. The van der Waals surface area contributed by atoms with E-state index in [1.54, 1.807) is 0 Å². The van der Waals surface area contributed by atoms with Gasteiger partial charge >= 0.3 is 5.69 Å². The molecule has 3 N–H and O–H groups in total. The normalized spacial score (nSPS) is 13.2. The van der Waals surface area contributed by atoms with Crippen molar-refractivity contribution in [1.82, 2.24) is 9.13 Å². The lowest BCUT2D eigenvalue weighted by atomic mass is 9.82. The second-order valence-electron chi connectivity index (χ2n) is 6.71. The standard InChI is InChI=1S/C15H28N4O2/c1-7-8-19-12(16)11(13(20)18(6)14(19)21)17-9-10(2)15(3,4)5/h10,17H,7-9,16H2,1-6H3. The number of nitrogens with zero attached hydrogens (tertiary/aromatic N) is 2. The molecule has 0 radical (unpaired) electrons. The summed E-state index contributed by atoms with van der Waals surface area (Å²) >= 11 is 0. The number of nitrogens with two attached hydrogens (primary N) is 1. The van der Waals surface area contributed by atoms with E-state index < -0.39 is 0 Å². The van der Waals surface area contributed by atoms with Crippen LogP contribution in [0.3, 0.4) is 0 Å². The van der Waals surface area contributed by atoms with Gasteiger partial charge < -0.3 is 11.1 Å². The lowest BCUT2D eigenvalue weighted by Crippen LogP contribution is -2.41. The van der Waals surface area contributed by atoms with Gasteiger partial charge in [-0.15, -0.1) is 0 Å². The average molecular weight is 296 g/mol. The van der Waals surface area contributed by atoms with Crippen LogP contribution in [0.1, 0.15) is 41.0 Å². The third-order valence-corrected chi connectivity index (χ3v) is 4.09. The summed E-state index contributed by atoms with van der Waals surface area (Å²) in [5.41, 5.74) is 5.74. The number of nitrogen functional groups attached to an aromatic ring is 1. The minimum atomic E-state index is -0.369. The molecule has 6 heteroatoms. The van der Waals surface area contributed by atoms with E-state index in [9.17, 15) is 9.59 Å². The first-order valence-electron chi connectivity index (χ1n) is 7.44. The summed E-state index contributed by atoms with van der Waals surface area (Å²) < 4.78 is 2.56. The molecule has 0 aliphatic rings. The molecule has 0 aliphatic carbocycles. The van der Waals surface area contributed by atoms with Gasteiger partial charge in [-0.25, -0.2) is 4.79 Å². The van der Waals surface area contributed by atoms with Crippen molar-refractivity contribution in [2.45, 2.75) is 47.6 Å². The van der Waals surface area contributed by atoms with Crippen molar-refractivity contribution in [2.75, 3.05) is 17.6 Å². The molecule has 0 aliphatic heterocycles. The molecular formula is C15H28N4O2. The lowest BCUT2D eigenvalue weighted by Gasteiger charge is -2.28. The van der Waals surface area contributed by atoms with Crippen LogP contribution in [0.25, 0.3) is 0 Å². The Kier molecular flexibility index (Phi) is 5.25. The van der Waals surface area contributed by atoms with Crippen molar-refractivity contribution >= 4 is 11.5 Å². The molecule has 0 fully saturated rings. The first kappa shape index (κ1) is 17.3. The number of aromatic nitrogens is 2. The van der Waals surface area contributed by atoms with Gasteiger partial charge in [-0.3, -0.25) is 13.9 Å². The topological polar surface area (TPSA) is 82.0 Å². The zero-order valence-electron chi connectivity index (χ0n) is 14.0. The Hall–Kier alpha value is -1.72. The fourth-order valence-corrected chi connectivity index (χ4v) is 1.95. The molecule has 0 spiro atoms. The van der Waals surface area contributed by atoms with E-state index in [1.165, 1.54) is 11.6 Å². The van der Waals surface area contributed by atoms with E-state index in [4.69, 9.17) is 5.73 Å². The van der Waals surface area contributed by atoms with Crippen molar-refractivity contribution in [3.63, 3.8) is 0 Å². The summed E-state index contributed by atoms with van der Waals surface area (Å²) in [4.78, 5) is 24.3. The Balaban J connectivity index is 3.19. The molecule has 0 aromatic carbocycles. The number of rotatable bonds is 5. The van der Waals surface area contributed by atoms with E-state index >= 15 is 0 Å². The van der Waals surface area contributed by atoms with Crippen LogP contribution >= 0.6 is 0 Å². The van der Waals surface area contributed by atoms with Gasteiger partial charge in [-0.2, -0.15) is 0 Å². The van der Waals surface area contributed by atoms with Crippen LogP contribution in [0, 0.1) is 11.3 Å². The summed E-state index contributed by atoms with van der Waals surface area (Å²) in [5, 5.41) is 3.14. The molecule has 1 aromatic rings. The third-order valence-electron chi connectivity index (χ3n) is 4.09. The molecule has 0 bridgehead atoms. The minimum absolute atomic E-state index is 0.130. The van der Waals surface area contributed by atoms with Gasteiger partial charge in [0.05, 0.1) is 0 Å². The first-order chi connectivity index (χ1) is 9.61. The van der Waals surface area contributed by atoms with E-state index in [0.29, 0.717) is 24.7 Å². The van der Waals surface area contributed by atoms with Gasteiger partial charge in [0, 0.05) is 20.1 Å². The highest BCUT2D eigenvalue weighted by molar-refractivity contribution is 5.60. The smallest absolute Gasteiger partial charge is 0.332 e. The summed E-state index contributed by atoms with van der Waals surface area (Å²) in [6.07, 6.45) is 0.778. The maximum absolute atomic E-state index is 12.2. The van der Waals surface area contributed by atoms with E-state index in [1.807, 2.05) is 6.92 Å². The summed E-state index contributed by atoms with van der Waals surface area (Å²) in [7, 11) is 1.48. The monoisotopic (exact) mass is 296 g/mol. The van der Waals surface area contributed by atoms with Gasteiger partial charge in [0.15, 0.2) is 0 Å². The predicted molar refractivity (Wildman–Crippen MR) is 87.8 cm³/mol. The van der Waals surface area contributed by atoms with Crippen LogP contribution in [0.5, 0.6) is 0 Å². The maximum atomic E-state index is 12.2. The average Bonchev–Trinajstić information content (AvgIpc) is 2.40. The lowest BCUT2D eigenvalue weighted by molar-refractivity contribution is 0.274. The molecule has 6 nitrogen and oxygen atoms in total. The summed E-state index contributed by atoms with van der Waals surface area (Å²) in [6.45, 7) is 11.7. The van der Waals surface area contributed by atoms with Crippen molar-refractivity contribution in [3.05, 3.63) is 20.8 Å². The van der Waals surface area contributed by atoms with Crippen molar-refractivity contribution in [1.29, 1.82) is 0 Å². The van der Waals surface area contributed by atoms with Crippen molar-refractivity contribution in [3.8, 4) is 0 Å². The number of anilines is 2. The molecule has 0 saturated heterocycles. The van der Waals surface area contributed by atoms with Gasteiger partial charge in [-0.1, -0.05) is 34.6 Å². The van der Waals surface area contributed by atoms with Crippen molar-refractivity contribution < 1.29 is 0 Å². The molecule has 0 amide bonds. The molecule has 1 aromatic heterocycles. The van der Waals surface area contributed by atoms with Crippen LogP contribution in [0.4, 0.5) is 11.5 Å². The van der Waals surface area contributed by atoms with Gasteiger partial charge in [0.25, 0.3) is 5.56 Å². The van der Waals surface area contributed by atoms with Crippen LogP contribution < -0.4 is 22.3 Å². The zero-order chi connectivity index (χ0) is 16.4. The second-order valence-corrected chi connectivity index (χ2v) is 6.71.